The number of halogens is 2. The molecular formula is C22H19F2N5. The molecule has 0 N–H and O–H groups in total. The van der Waals surface area contributed by atoms with Crippen molar-refractivity contribution >= 4 is 17.0 Å². The Morgan fingerprint density at radius 2 is 1.76 bits per heavy atom. The van der Waals surface area contributed by atoms with Crippen molar-refractivity contribution in [2.75, 3.05) is 25.0 Å². The van der Waals surface area contributed by atoms with Crippen LogP contribution in [0.25, 0.3) is 16.8 Å². The standard InChI is InChI=1S/C22H19F2N5/c1-27-8-9-29(18-4-5-19(23)20(24)11-18)21-6-2-15(10-17(21)12-27)16-3-7-22-26-25-14-28(22)13-16/h2-7,10-11,13-14H,8-9,12H2,1H3. The average Bonchev–Trinajstić information content (AvgIpc) is 3.12. The van der Waals surface area contributed by atoms with Gasteiger partial charge in [-0.25, -0.2) is 8.78 Å². The minimum atomic E-state index is -0.833. The fraction of sp³-hybridized carbons (Fsp3) is 0.182. The number of anilines is 2. The van der Waals surface area contributed by atoms with Gasteiger partial charge >= 0.3 is 0 Å². The van der Waals surface area contributed by atoms with E-state index < -0.39 is 11.6 Å². The fourth-order valence-corrected chi connectivity index (χ4v) is 3.84. The lowest BCUT2D eigenvalue weighted by Gasteiger charge is -2.25. The Labute approximate surface area is 166 Å². The summed E-state index contributed by atoms with van der Waals surface area (Å²) in [6.07, 6.45) is 3.69. The highest BCUT2D eigenvalue weighted by Crippen LogP contribution is 2.35. The summed E-state index contributed by atoms with van der Waals surface area (Å²) in [5, 5.41) is 7.97. The Morgan fingerprint density at radius 3 is 2.62 bits per heavy atom. The number of fused-ring (bicyclic) bond motifs is 2. The smallest absolute Gasteiger partial charge is 0.160 e. The predicted octanol–water partition coefficient (Wildman–Crippen LogP) is 4.26. The molecule has 1 aliphatic rings. The summed E-state index contributed by atoms with van der Waals surface area (Å²) in [4.78, 5) is 4.28. The molecule has 5 rings (SSSR count). The maximum Gasteiger partial charge on any atom is 0.160 e. The van der Waals surface area contributed by atoms with Gasteiger partial charge < -0.3 is 9.80 Å². The van der Waals surface area contributed by atoms with Gasteiger partial charge in [0.1, 0.15) is 6.33 Å². The zero-order chi connectivity index (χ0) is 20.0. The zero-order valence-corrected chi connectivity index (χ0v) is 15.9. The number of hydrogen-bond acceptors (Lipinski definition) is 4. The molecule has 29 heavy (non-hydrogen) atoms. The van der Waals surface area contributed by atoms with Crippen molar-refractivity contribution in [2.45, 2.75) is 6.54 Å². The van der Waals surface area contributed by atoms with Crippen LogP contribution in [0.3, 0.4) is 0 Å². The minimum Gasteiger partial charge on any atom is -0.340 e. The summed E-state index contributed by atoms with van der Waals surface area (Å²) in [5.41, 5.74) is 5.74. The summed E-state index contributed by atoms with van der Waals surface area (Å²) >= 11 is 0. The van der Waals surface area contributed by atoms with Gasteiger partial charge in [-0.3, -0.25) is 4.40 Å². The maximum atomic E-state index is 13.9. The predicted molar refractivity (Wildman–Crippen MR) is 108 cm³/mol. The molecule has 0 fully saturated rings. The summed E-state index contributed by atoms with van der Waals surface area (Å²) in [6, 6.07) is 14.3. The van der Waals surface area contributed by atoms with Gasteiger partial charge in [0.25, 0.3) is 0 Å². The molecule has 0 aliphatic carbocycles. The van der Waals surface area contributed by atoms with Crippen LogP contribution in [0.4, 0.5) is 20.2 Å². The van der Waals surface area contributed by atoms with Crippen LogP contribution in [0.15, 0.2) is 61.1 Å². The van der Waals surface area contributed by atoms with Gasteiger partial charge in [-0.15, -0.1) is 10.2 Å². The highest BCUT2D eigenvalue weighted by Gasteiger charge is 2.21. The van der Waals surface area contributed by atoms with Crippen LogP contribution in [-0.4, -0.2) is 39.6 Å². The van der Waals surface area contributed by atoms with E-state index in [0.717, 1.165) is 41.1 Å². The van der Waals surface area contributed by atoms with Crippen molar-refractivity contribution in [1.82, 2.24) is 19.5 Å². The van der Waals surface area contributed by atoms with Crippen molar-refractivity contribution in [3.63, 3.8) is 0 Å². The third-order valence-corrected chi connectivity index (χ3v) is 5.35. The first-order valence-corrected chi connectivity index (χ1v) is 9.42. The third kappa shape index (κ3) is 3.23. The minimum absolute atomic E-state index is 0.652. The van der Waals surface area contributed by atoms with Gasteiger partial charge in [0.2, 0.25) is 0 Å². The average molecular weight is 391 g/mol. The Kier molecular flexibility index (Phi) is 4.24. The number of likely N-dealkylation sites (N-methyl/N-ethyl adjacent to an activating group) is 1. The largest absolute Gasteiger partial charge is 0.340 e. The van der Waals surface area contributed by atoms with Crippen LogP contribution in [0.2, 0.25) is 0 Å². The van der Waals surface area contributed by atoms with E-state index in [2.05, 4.69) is 40.3 Å². The number of aromatic nitrogens is 3. The Hall–Kier alpha value is -3.32. The topological polar surface area (TPSA) is 36.7 Å². The molecule has 2 aromatic carbocycles. The second kappa shape index (κ2) is 6.93. The van der Waals surface area contributed by atoms with Crippen LogP contribution in [0, 0.1) is 11.6 Å². The summed E-state index contributed by atoms with van der Waals surface area (Å²) in [7, 11) is 2.06. The van der Waals surface area contributed by atoms with Gasteiger partial charge in [-0.2, -0.15) is 0 Å². The molecule has 0 saturated carbocycles. The van der Waals surface area contributed by atoms with Crippen LogP contribution in [-0.2, 0) is 6.54 Å². The SMILES string of the molecule is CN1CCN(c2ccc(F)c(F)c2)c2ccc(-c3ccc4nncn4c3)cc2C1. The van der Waals surface area contributed by atoms with E-state index in [0.29, 0.717) is 12.2 Å². The van der Waals surface area contributed by atoms with E-state index >= 15 is 0 Å². The van der Waals surface area contributed by atoms with Crippen LogP contribution >= 0.6 is 0 Å². The van der Waals surface area contributed by atoms with E-state index in [1.165, 1.54) is 12.1 Å². The lowest BCUT2D eigenvalue weighted by atomic mass is 10.0. The van der Waals surface area contributed by atoms with E-state index in [4.69, 9.17) is 0 Å². The number of rotatable bonds is 2. The van der Waals surface area contributed by atoms with Crippen LogP contribution in [0.1, 0.15) is 5.56 Å². The summed E-state index contributed by atoms with van der Waals surface area (Å²) in [5.74, 6) is -1.67. The van der Waals surface area contributed by atoms with Gasteiger partial charge in [-0.1, -0.05) is 6.07 Å². The monoisotopic (exact) mass is 391 g/mol. The Morgan fingerprint density at radius 1 is 0.897 bits per heavy atom. The maximum absolute atomic E-state index is 13.9. The first kappa shape index (κ1) is 17.8. The molecule has 0 atom stereocenters. The molecule has 0 spiro atoms. The molecule has 2 aromatic heterocycles. The molecule has 0 unspecified atom stereocenters. The van der Waals surface area contributed by atoms with Crippen molar-refractivity contribution in [2.24, 2.45) is 0 Å². The first-order chi connectivity index (χ1) is 14.1. The van der Waals surface area contributed by atoms with Gasteiger partial charge in [0.15, 0.2) is 17.3 Å². The molecule has 5 nitrogen and oxygen atoms in total. The van der Waals surface area contributed by atoms with Crippen molar-refractivity contribution in [1.29, 1.82) is 0 Å². The molecule has 146 valence electrons. The number of hydrogen-bond donors (Lipinski definition) is 0. The van der Waals surface area contributed by atoms with Crippen molar-refractivity contribution < 1.29 is 8.78 Å². The lowest BCUT2D eigenvalue weighted by Crippen LogP contribution is -2.26. The van der Waals surface area contributed by atoms with E-state index in [-0.39, 0.29) is 0 Å². The molecule has 0 bridgehead atoms. The molecule has 4 aromatic rings. The highest BCUT2D eigenvalue weighted by molar-refractivity contribution is 5.73. The van der Waals surface area contributed by atoms with Gasteiger partial charge in [0, 0.05) is 43.3 Å². The van der Waals surface area contributed by atoms with Gasteiger partial charge in [-0.05, 0) is 60.1 Å². The van der Waals surface area contributed by atoms with Crippen molar-refractivity contribution in [3.8, 4) is 11.1 Å². The Bertz CT molecular complexity index is 1200. The normalized spacial score (nSPS) is 14.8. The molecule has 0 saturated heterocycles. The molecule has 0 amide bonds. The number of benzene rings is 2. The Balaban J connectivity index is 1.59. The summed E-state index contributed by atoms with van der Waals surface area (Å²) < 4.78 is 29.2. The molecule has 7 heteroatoms. The second-order valence-corrected chi connectivity index (χ2v) is 7.35. The highest BCUT2D eigenvalue weighted by atomic mass is 19.2. The quantitative estimate of drug-likeness (QED) is 0.512. The van der Waals surface area contributed by atoms with E-state index in [1.807, 2.05) is 27.6 Å². The van der Waals surface area contributed by atoms with Crippen LogP contribution < -0.4 is 4.90 Å². The van der Waals surface area contributed by atoms with Gasteiger partial charge in [0.05, 0.1) is 0 Å². The van der Waals surface area contributed by atoms with E-state index in [1.54, 1.807) is 12.4 Å². The van der Waals surface area contributed by atoms with Crippen molar-refractivity contribution in [3.05, 3.63) is 78.3 Å². The first-order valence-electron chi connectivity index (χ1n) is 9.42. The lowest BCUT2D eigenvalue weighted by molar-refractivity contribution is 0.343. The fourth-order valence-electron chi connectivity index (χ4n) is 3.84. The molecule has 1 aliphatic heterocycles. The number of pyridine rings is 1. The number of nitrogens with zero attached hydrogens (tertiary/aromatic N) is 5. The third-order valence-electron chi connectivity index (χ3n) is 5.35. The van der Waals surface area contributed by atoms with Crippen LogP contribution in [0.5, 0.6) is 0 Å². The summed E-state index contributed by atoms with van der Waals surface area (Å²) in [6.45, 7) is 2.29. The molecule has 0 radical (unpaired) electrons. The van der Waals surface area contributed by atoms with E-state index in [9.17, 15) is 8.78 Å². The second-order valence-electron chi connectivity index (χ2n) is 7.35. The molecular weight excluding hydrogens is 372 g/mol. The zero-order valence-electron chi connectivity index (χ0n) is 15.9. The molecule has 3 heterocycles.